The maximum atomic E-state index is 12.6. The van der Waals surface area contributed by atoms with Crippen LogP contribution in [0.25, 0.3) is 0 Å². The van der Waals surface area contributed by atoms with Crippen LogP contribution < -0.4 is 19.7 Å². The van der Waals surface area contributed by atoms with E-state index in [9.17, 15) is 14.7 Å². The number of hydrogen-bond acceptors (Lipinski definition) is 7. The molecule has 1 aliphatic carbocycles. The molecule has 1 saturated heterocycles. The molecule has 182 valence electrons. The third kappa shape index (κ3) is 3.89. The lowest BCUT2D eigenvalue weighted by atomic mass is 10.1. The molecule has 1 saturated carbocycles. The SMILES string of the molecule is Cc1[nH]c(C(=O)N[C@H]2[C@@H]3CN(c4nc(Cc5ccc6c(c5)OCO6)c(C(=O)O)s4)C[C@@H]32)c(Cl)c1Cl. The predicted molar refractivity (Wildman–Crippen MR) is 130 cm³/mol. The fourth-order valence-corrected chi connectivity index (χ4v) is 6.21. The molecule has 0 radical (unpaired) electrons. The number of aromatic nitrogens is 2. The lowest BCUT2D eigenvalue weighted by Gasteiger charge is -2.19. The van der Waals surface area contributed by atoms with Gasteiger partial charge in [0.2, 0.25) is 6.79 Å². The van der Waals surface area contributed by atoms with Gasteiger partial charge in [-0.2, -0.15) is 0 Å². The third-order valence-corrected chi connectivity index (χ3v) is 8.83. The first-order valence-corrected chi connectivity index (χ1v) is 12.6. The number of nitrogens with one attached hydrogen (secondary N) is 2. The number of aromatic amines is 1. The molecule has 2 aromatic heterocycles. The minimum atomic E-state index is -0.990. The molecule has 1 aromatic carbocycles. The quantitative estimate of drug-likeness (QED) is 0.438. The van der Waals surface area contributed by atoms with Crippen LogP contribution in [-0.4, -0.2) is 52.9 Å². The summed E-state index contributed by atoms with van der Waals surface area (Å²) in [5, 5.41) is 14.1. The van der Waals surface area contributed by atoms with Crippen molar-refractivity contribution in [3.8, 4) is 11.5 Å². The number of aromatic carboxylic acids is 1. The Hall–Kier alpha value is -2.95. The molecular formula is C23H20Cl2N4O5S. The molecule has 9 nitrogen and oxygen atoms in total. The van der Waals surface area contributed by atoms with Crippen LogP contribution in [0.2, 0.25) is 10.0 Å². The van der Waals surface area contributed by atoms with Gasteiger partial charge in [-0.1, -0.05) is 40.6 Å². The Balaban J connectivity index is 1.13. The normalized spacial score (nSPS) is 21.8. The predicted octanol–water partition coefficient (Wildman–Crippen LogP) is 3.97. The van der Waals surface area contributed by atoms with E-state index in [0.29, 0.717) is 52.6 Å². The van der Waals surface area contributed by atoms with Gasteiger partial charge in [0.1, 0.15) is 10.6 Å². The molecule has 4 heterocycles. The summed E-state index contributed by atoms with van der Waals surface area (Å²) in [5.74, 6) is 0.624. The zero-order valence-corrected chi connectivity index (χ0v) is 20.8. The lowest BCUT2D eigenvalue weighted by Crippen LogP contribution is -2.34. The van der Waals surface area contributed by atoms with Crippen molar-refractivity contribution in [2.24, 2.45) is 11.8 Å². The zero-order chi connectivity index (χ0) is 24.4. The van der Waals surface area contributed by atoms with Gasteiger partial charge in [-0.25, -0.2) is 9.78 Å². The summed E-state index contributed by atoms with van der Waals surface area (Å²) >= 11 is 13.4. The Bertz CT molecular complexity index is 1360. The fraction of sp³-hybridized carbons (Fsp3) is 0.348. The number of piperidine rings is 1. The summed E-state index contributed by atoms with van der Waals surface area (Å²) in [6.07, 6.45) is 0.382. The molecule has 35 heavy (non-hydrogen) atoms. The number of thiazole rings is 1. The summed E-state index contributed by atoms with van der Waals surface area (Å²) in [5.41, 5.74) is 2.35. The number of carboxylic acids is 1. The second-order valence-electron chi connectivity index (χ2n) is 8.93. The highest BCUT2D eigenvalue weighted by Gasteiger charge is 2.57. The van der Waals surface area contributed by atoms with Crippen LogP contribution in [0, 0.1) is 18.8 Å². The summed E-state index contributed by atoms with van der Waals surface area (Å²) in [6, 6.07) is 5.62. The maximum absolute atomic E-state index is 12.6. The van der Waals surface area contributed by atoms with Crippen molar-refractivity contribution in [3.05, 3.63) is 55.8 Å². The molecule has 0 bridgehead atoms. The van der Waals surface area contributed by atoms with E-state index in [4.69, 9.17) is 32.7 Å². The summed E-state index contributed by atoms with van der Waals surface area (Å²) in [4.78, 5) is 34.5. The van der Waals surface area contributed by atoms with Crippen molar-refractivity contribution >= 4 is 51.5 Å². The highest BCUT2D eigenvalue weighted by atomic mass is 35.5. The summed E-state index contributed by atoms with van der Waals surface area (Å²) in [6.45, 7) is 3.34. The molecule has 2 fully saturated rings. The van der Waals surface area contributed by atoms with Gasteiger partial charge >= 0.3 is 5.97 Å². The van der Waals surface area contributed by atoms with Gasteiger partial charge < -0.3 is 29.8 Å². The van der Waals surface area contributed by atoms with E-state index >= 15 is 0 Å². The molecular weight excluding hydrogens is 515 g/mol. The Morgan fingerprint density at radius 3 is 2.66 bits per heavy atom. The van der Waals surface area contributed by atoms with E-state index in [1.165, 1.54) is 11.3 Å². The number of benzene rings is 1. The molecule has 12 heteroatoms. The largest absolute Gasteiger partial charge is 0.477 e. The van der Waals surface area contributed by atoms with Crippen LogP contribution in [0.1, 0.15) is 37.1 Å². The van der Waals surface area contributed by atoms with Crippen LogP contribution in [0.4, 0.5) is 5.13 Å². The first-order chi connectivity index (χ1) is 16.8. The Kier molecular flexibility index (Phi) is 5.35. The van der Waals surface area contributed by atoms with Crippen molar-refractivity contribution in [2.75, 3.05) is 24.8 Å². The monoisotopic (exact) mass is 534 g/mol. The van der Waals surface area contributed by atoms with Gasteiger partial charge in [-0.05, 0) is 24.6 Å². The molecule has 1 amide bonds. The second kappa shape index (κ2) is 8.32. The maximum Gasteiger partial charge on any atom is 0.347 e. The van der Waals surface area contributed by atoms with E-state index in [1.54, 1.807) is 6.92 Å². The van der Waals surface area contributed by atoms with Crippen LogP contribution in [-0.2, 0) is 6.42 Å². The van der Waals surface area contributed by atoms with Gasteiger partial charge in [0, 0.05) is 43.1 Å². The fourth-order valence-electron chi connectivity index (χ4n) is 4.85. The number of H-pyrrole nitrogens is 1. The van der Waals surface area contributed by atoms with Crippen molar-refractivity contribution in [3.63, 3.8) is 0 Å². The number of amides is 1. The van der Waals surface area contributed by atoms with Gasteiger partial charge in [0.05, 0.1) is 15.7 Å². The number of rotatable bonds is 6. The second-order valence-corrected chi connectivity index (χ2v) is 10.7. The average Bonchev–Trinajstić information content (AvgIpc) is 3.36. The number of hydrogen-bond donors (Lipinski definition) is 3. The summed E-state index contributed by atoms with van der Waals surface area (Å²) in [7, 11) is 0. The highest BCUT2D eigenvalue weighted by molar-refractivity contribution is 7.17. The van der Waals surface area contributed by atoms with E-state index in [-0.39, 0.29) is 46.2 Å². The Morgan fingerprint density at radius 1 is 1.23 bits per heavy atom. The topological polar surface area (TPSA) is 117 Å². The molecule has 2 aliphatic heterocycles. The number of carbonyl (C=O) groups is 2. The third-order valence-electron chi connectivity index (χ3n) is 6.73. The zero-order valence-electron chi connectivity index (χ0n) is 18.4. The van der Waals surface area contributed by atoms with Gasteiger partial charge in [0.25, 0.3) is 5.91 Å². The van der Waals surface area contributed by atoms with E-state index < -0.39 is 5.97 Å². The van der Waals surface area contributed by atoms with E-state index in [1.807, 2.05) is 18.2 Å². The van der Waals surface area contributed by atoms with Crippen LogP contribution in [0.5, 0.6) is 11.5 Å². The van der Waals surface area contributed by atoms with E-state index in [0.717, 1.165) is 5.56 Å². The molecule has 0 unspecified atom stereocenters. The molecule has 3 N–H and O–H groups in total. The number of anilines is 1. The van der Waals surface area contributed by atoms with Gasteiger partial charge in [0.15, 0.2) is 16.6 Å². The molecule has 3 aromatic rings. The smallest absolute Gasteiger partial charge is 0.347 e. The Morgan fingerprint density at radius 2 is 1.97 bits per heavy atom. The highest BCUT2D eigenvalue weighted by Crippen LogP contribution is 2.48. The van der Waals surface area contributed by atoms with Crippen molar-refractivity contribution in [1.29, 1.82) is 0 Å². The standard InChI is InChI=1S/C23H20Cl2N4O5S/c1-9-16(24)17(25)19(26-9)21(30)28-18-11-6-29(7-12(11)18)23-27-13(20(35-23)22(31)32)4-10-2-3-14-15(5-10)34-8-33-14/h2-3,5,11-12,18,26H,4,6-8H2,1H3,(H,28,30)(H,31,32)/t11-,12+,18+. The molecule has 3 atom stereocenters. The first kappa shape index (κ1) is 22.5. The van der Waals surface area contributed by atoms with Crippen LogP contribution in [0.15, 0.2) is 18.2 Å². The number of carboxylic acid groups (broad SMARTS) is 1. The van der Waals surface area contributed by atoms with Gasteiger partial charge in [-0.15, -0.1) is 0 Å². The van der Waals surface area contributed by atoms with Crippen molar-refractivity contribution in [1.82, 2.24) is 15.3 Å². The molecule has 3 aliphatic rings. The number of fused-ring (bicyclic) bond motifs is 2. The minimum absolute atomic E-state index is 0.0456. The average molecular weight is 535 g/mol. The number of aryl methyl sites for hydroxylation is 1. The summed E-state index contributed by atoms with van der Waals surface area (Å²) < 4.78 is 10.8. The van der Waals surface area contributed by atoms with Crippen molar-refractivity contribution < 1.29 is 24.2 Å². The van der Waals surface area contributed by atoms with E-state index in [2.05, 4.69) is 20.2 Å². The molecule has 6 rings (SSSR count). The number of nitrogens with zero attached hydrogens (tertiary/aromatic N) is 2. The lowest BCUT2D eigenvalue weighted by molar-refractivity contribution is 0.0700. The minimum Gasteiger partial charge on any atom is -0.477 e. The first-order valence-electron chi connectivity index (χ1n) is 11.0. The van der Waals surface area contributed by atoms with Crippen molar-refractivity contribution in [2.45, 2.75) is 19.4 Å². The van der Waals surface area contributed by atoms with Crippen LogP contribution in [0.3, 0.4) is 0 Å². The number of halogens is 2. The van der Waals surface area contributed by atoms with Gasteiger partial charge in [-0.3, -0.25) is 4.79 Å². The van der Waals surface area contributed by atoms with Crippen LogP contribution >= 0.6 is 34.5 Å². The number of carbonyl (C=O) groups excluding carboxylic acids is 1. The Labute approximate surface area is 214 Å². The molecule has 0 spiro atoms. The number of ether oxygens (including phenoxy) is 2.